The number of ether oxygens (including phenoxy) is 1. The number of nitrogens with one attached hydrogen (secondary N) is 2. The minimum Gasteiger partial charge on any atom is -0.457 e. The molecule has 3 aliphatic rings. The van der Waals surface area contributed by atoms with Crippen LogP contribution in [-0.2, 0) is 0 Å². The Morgan fingerprint density at radius 3 is 2.55 bits per heavy atom. The third-order valence-corrected chi connectivity index (χ3v) is 7.55. The lowest BCUT2D eigenvalue weighted by atomic mass is 9.45. The van der Waals surface area contributed by atoms with Crippen molar-refractivity contribution >= 4 is 5.91 Å². The second-order valence-electron chi connectivity index (χ2n) is 9.47. The highest BCUT2D eigenvalue weighted by Gasteiger charge is 2.56. The van der Waals surface area contributed by atoms with Crippen molar-refractivity contribution in [3.8, 4) is 22.8 Å². The van der Waals surface area contributed by atoms with Crippen molar-refractivity contribution < 1.29 is 9.53 Å². The zero-order valence-electron chi connectivity index (χ0n) is 18.1. The Morgan fingerprint density at radius 1 is 1.06 bits per heavy atom. The van der Waals surface area contributed by atoms with E-state index < -0.39 is 0 Å². The number of nitrogens with zero attached hydrogens (tertiary/aromatic N) is 2. The highest BCUT2D eigenvalue weighted by atomic mass is 16.5. The number of aromatic amines is 1. The van der Waals surface area contributed by atoms with Crippen molar-refractivity contribution in [2.45, 2.75) is 39.7 Å². The molecule has 1 amide bonds. The first-order chi connectivity index (χ1) is 14.9. The summed E-state index contributed by atoms with van der Waals surface area (Å²) in [6.07, 6.45) is 2.30. The van der Waals surface area contributed by atoms with Gasteiger partial charge in [-0.2, -0.15) is 15.4 Å². The molecule has 0 aliphatic heterocycles. The van der Waals surface area contributed by atoms with Crippen molar-refractivity contribution in [2.75, 3.05) is 0 Å². The standard InChI is InChI=1S/C25H28N4O2/c1-15-19-13-16(25(19,2)3)14-20(15)26-24(30)23-22(27-29-28-23)18-11-7-8-12-21(18)31-17-9-5-4-6-10-17/h4-12,15-16,19-20H,13-14H2,1-3H3,(H,26,30)(H,27,28,29)/t15-,16-,19+,20-/m1/s1. The first-order valence-corrected chi connectivity index (χ1v) is 11.0. The molecule has 3 aliphatic carbocycles. The van der Waals surface area contributed by atoms with Crippen LogP contribution in [0.15, 0.2) is 54.6 Å². The molecule has 2 N–H and O–H groups in total. The van der Waals surface area contributed by atoms with Gasteiger partial charge in [-0.3, -0.25) is 4.79 Å². The summed E-state index contributed by atoms with van der Waals surface area (Å²) < 4.78 is 6.06. The second kappa shape index (κ2) is 7.52. The Kier molecular flexibility index (Phi) is 4.80. The van der Waals surface area contributed by atoms with Crippen LogP contribution in [-0.4, -0.2) is 27.4 Å². The van der Waals surface area contributed by atoms with Gasteiger partial charge in [-0.15, -0.1) is 0 Å². The van der Waals surface area contributed by atoms with Crippen LogP contribution in [0.2, 0.25) is 0 Å². The van der Waals surface area contributed by atoms with E-state index in [-0.39, 0.29) is 11.9 Å². The predicted octanol–water partition coefficient (Wildman–Crippen LogP) is 5.06. The van der Waals surface area contributed by atoms with Crippen molar-refractivity contribution in [1.29, 1.82) is 0 Å². The number of hydrogen-bond acceptors (Lipinski definition) is 4. The van der Waals surface area contributed by atoms with E-state index in [1.165, 1.54) is 6.42 Å². The molecule has 0 saturated heterocycles. The van der Waals surface area contributed by atoms with E-state index in [1.807, 2.05) is 54.6 Å². The summed E-state index contributed by atoms with van der Waals surface area (Å²) in [5, 5.41) is 14.4. The Bertz CT molecular complexity index is 1090. The summed E-state index contributed by atoms with van der Waals surface area (Å²) in [5.74, 6) is 2.96. The van der Waals surface area contributed by atoms with Crippen LogP contribution in [0, 0.1) is 23.2 Å². The second-order valence-corrected chi connectivity index (χ2v) is 9.47. The highest BCUT2D eigenvalue weighted by Crippen LogP contribution is 2.61. The first-order valence-electron chi connectivity index (χ1n) is 11.0. The minimum atomic E-state index is -0.186. The summed E-state index contributed by atoms with van der Waals surface area (Å²) >= 11 is 0. The van der Waals surface area contributed by atoms with Crippen LogP contribution in [0.3, 0.4) is 0 Å². The number of carbonyl (C=O) groups excluding carboxylic acids is 1. The molecule has 6 heteroatoms. The van der Waals surface area contributed by atoms with Crippen LogP contribution < -0.4 is 10.1 Å². The molecule has 3 fully saturated rings. The summed E-state index contributed by atoms with van der Waals surface area (Å²) in [5.41, 5.74) is 1.91. The van der Waals surface area contributed by atoms with Gasteiger partial charge in [0.25, 0.3) is 5.91 Å². The van der Waals surface area contributed by atoms with Crippen LogP contribution in [0.25, 0.3) is 11.3 Å². The number of rotatable bonds is 5. The van der Waals surface area contributed by atoms with Gasteiger partial charge in [0.15, 0.2) is 5.69 Å². The maximum Gasteiger partial charge on any atom is 0.274 e. The molecule has 160 valence electrons. The lowest BCUT2D eigenvalue weighted by Gasteiger charge is -2.62. The van der Waals surface area contributed by atoms with Crippen LogP contribution in [0.4, 0.5) is 0 Å². The monoisotopic (exact) mass is 416 g/mol. The van der Waals surface area contributed by atoms with Crippen molar-refractivity contribution in [3.63, 3.8) is 0 Å². The predicted molar refractivity (Wildman–Crippen MR) is 119 cm³/mol. The Morgan fingerprint density at radius 2 is 1.81 bits per heavy atom. The molecule has 0 unspecified atom stereocenters. The molecule has 2 bridgehead atoms. The summed E-state index contributed by atoms with van der Waals surface area (Å²) in [6, 6.07) is 17.3. The smallest absolute Gasteiger partial charge is 0.274 e. The van der Waals surface area contributed by atoms with Crippen LogP contribution in [0.5, 0.6) is 11.5 Å². The molecule has 6 rings (SSSR count). The zero-order valence-corrected chi connectivity index (χ0v) is 18.1. The van der Waals surface area contributed by atoms with E-state index in [2.05, 4.69) is 41.5 Å². The Labute approximate surface area is 182 Å². The van der Waals surface area contributed by atoms with Gasteiger partial charge in [0.1, 0.15) is 17.2 Å². The fourth-order valence-corrected chi connectivity index (χ4v) is 5.52. The topological polar surface area (TPSA) is 79.9 Å². The van der Waals surface area contributed by atoms with Gasteiger partial charge in [-0.05, 0) is 60.3 Å². The zero-order chi connectivity index (χ0) is 21.6. The highest BCUT2D eigenvalue weighted by molar-refractivity contribution is 5.98. The fourth-order valence-electron chi connectivity index (χ4n) is 5.52. The van der Waals surface area contributed by atoms with Gasteiger partial charge in [0.2, 0.25) is 0 Å². The molecule has 0 spiro atoms. The molecule has 31 heavy (non-hydrogen) atoms. The lowest BCUT2D eigenvalue weighted by molar-refractivity contribution is -0.113. The molecular formula is C25H28N4O2. The Hall–Kier alpha value is -3.15. The minimum absolute atomic E-state index is 0.171. The SMILES string of the molecule is C[C@H]1[C@H](NC(=O)c2n[nH]nc2-c2ccccc2Oc2ccccc2)C[C@H]2C[C@@H]1C2(C)C. The number of hydrogen-bond donors (Lipinski definition) is 2. The van der Waals surface area contributed by atoms with Crippen LogP contribution >= 0.6 is 0 Å². The molecule has 1 heterocycles. The van der Waals surface area contributed by atoms with E-state index in [0.29, 0.717) is 40.3 Å². The Balaban J connectivity index is 1.38. The molecule has 6 nitrogen and oxygen atoms in total. The number of fused-ring (bicyclic) bond motifs is 2. The number of benzene rings is 2. The van der Waals surface area contributed by atoms with Crippen molar-refractivity contribution in [2.24, 2.45) is 23.2 Å². The van der Waals surface area contributed by atoms with Gasteiger partial charge in [0, 0.05) is 11.6 Å². The molecule has 4 atom stereocenters. The third kappa shape index (κ3) is 3.40. The number of aromatic nitrogens is 3. The van der Waals surface area contributed by atoms with Gasteiger partial charge in [0.05, 0.1) is 0 Å². The average molecular weight is 417 g/mol. The fraction of sp³-hybridized carbons (Fsp3) is 0.400. The molecule has 3 saturated carbocycles. The summed E-state index contributed by atoms with van der Waals surface area (Å²) in [4.78, 5) is 13.2. The van der Waals surface area contributed by atoms with E-state index in [1.54, 1.807) is 0 Å². The van der Waals surface area contributed by atoms with Gasteiger partial charge in [-0.25, -0.2) is 0 Å². The largest absolute Gasteiger partial charge is 0.457 e. The molecule has 2 aromatic carbocycles. The van der Waals surface area contributed by atoms with Crippen LogP contribution in [0.1, 0.15) is 44.1 Å². The van der Waals surface area contributed by atoms with E-state index in [4.69, 9.17) is 4.74 Å². The summed E-state index contributed by atoms with van der Waals surface area (Å²) in [7, 11) is 0. The number of amides is 1. The van der Waals surface area contributed by atoms with Crippen molar-refractivity contribution in [3.05, 3.63) is 60.3 Å². The maximum absolute atomic E-state index is 13.2. The van der Waals surface area contributed by atoms with Gasteiger partial charge in [-0.1, -0.05) is 51.1 Å². The number of carbonyl (C=O) groups is 1. The number of para-hydroxylation sites is 2. The maximum atomic E-state index is 13.2. The molecule has 1 aromatic heterocycles. The molecule has 3 aromatic rings. The van der Waals surface area contributed by atoms with E-state index in [9.17, 15) is 4.79 Å². The quantitative estimate of drug-likeness (QED) is 0.609. The lowest BCUT2D eigenvalue weighted by Crippen LogP contribution is -2.60. The third-order valence-electron chi connectivity index (χ3n) is 7.55. The normalized spacial score (nSPS) is 26.0. The van der Waals surface area contributed by atoms with Crippen molar-refractivity contribution in [1.82, 2.24) is 20.7 Å². The van der Waals surface area contributed by atoms with E-state index >= 15 is 0 Å². The average Bonchev–Trinajstić information content (AvgIpc) is 3.26. The van der Waals surface area contributed by atoms with Gasteiger partial charge >= 0.3 is 0 Å². The molecular weight excluding hydrogens is 388 g/mol. The summed E-state index contributed by atoms with van der Waals surface area (Å²) in [6.45, 7) is 6.99. The van der Waals surface area contributed by atoms with Gasteiger partial charge < -0.3 is 10.1 Å². The number of H-pyrrole nitrogens is 1. The first kappa shape index (κ1) is 19.8. The van der Waals surface area contributed by atoms with E-state index in [0.717, 1.165) is 17.7 Å². The molecule has 0 radical (unpaired) electrons.